The topological polar surface area (TPSA) is 45.2 Å². The van der Waals surface area contributed by atoms with E-state index >= 15 is 0 Å². The number of anilines is 1. The first-order valence-electron chi connectivity index (χ1n) is 7.93. The van der Waals surface area contributed by atoms with Crippen LogP contribution in [0.4, 0.5) is 5.69 Å². The maximum Gasteiger partial charge on any atom is 0.0752 e. The van der Waals surface area contributed by atoms with E-state index < -0.39 is 0 Å². The number of aromatic nitrogens is 1. The molecule has 2 aromatic rings. The Hall–Kier alpha value is -1.61. The van der Waals surface area contributed by atoms with Gasteiger partial charge in [0.1, 0.15) is 0 Å². The second-order valence-corrected chi connectivity index (χ2v) is 6.24. The zero-order valence-electron chi connectivity index (χ0n) is 12.9. The summed E-state index contributed by atoms with van der Waals surface area (Å²) in [5, 5.41) is 14.2. The van der Waals surface area contributed by atoms with Crippen molar-refractivity contribution in [1.29, 1.82) is 0 Å². The van der Waals surface area contributed by atoms with Gasteiger partial charge >= 0.3 is 0 Å². The van der Waals surface area contributed by atoms with Gasteiger partial charge < -0.3 is 10.4 Å². The van der Waals surface area contributed by atoms with Gasteiger partial charge in [0.2, 0.25) is 0 Å². The van der Waals surface area contributed by atoms with Crippen LogP contribution in [0, 0.1) is 19.8 Å². The molecule has 1 aliphatic carbocycles. The monoisotopic (exact) mass is 284 g/mol. The van der Waals surface area contributed by atoms with Crippen molar-refractivity contribution in [1.82, 2.24) is 4.98 Å². The Labute approximate surface area is 126 Å². The van der Waals surface area contributed by atoms with Gasteiger partial charge in [0.15, 0.2) is 0 Å². The molecule has 0 amide bonds. The van der Waals surface area contributed by atoms with Gasteiger partial charge in [0.05, 0.1) is 5.52 Å². The van der Waals surface area contributed by atoms with Crippen LogP contribution in [0.5, 0.6) is 0 Å². The highest BCUT2D eigenvalue weighted by Gasteiger charge is 2.27. The Morgan fingerprint density at radius 3 is 2.90 bits per heavy atom. The summed E-state index contributed by atoms with van der Waals surface area (Å²) in [6.07, 6.45) is 6.54. The number of para-hydroxylation sites is 1. The van der Waals surface area contributed by atoms with Gasteiger partial charge in [-0.25, -0.2) is 0 Å². The van der Waals surface area contributed by atoms with Crippen molar-refractivity contribution in [2.45, 2.75) is 45.6 Å². The molecule has 0 radical (unpaired) electrons. The summed E-state index contributed by atoms with van der Waals surface area (Å²) >= 11 is 0. The summed E-state index contributed by atoms with van der Waals surface area (Å²) in [5.74, 6) is 0.586. The van der Waals surface area contributed by atoms with Crippen LogP contribution >= 0.6 is 0 Å². The van der Waals surface area contributed by atoms with Gasteiger partial charge in [0, 0.05) is 29.9 Å². The molecule has 0 aliphatic heterocycles. The molecule has 2 N–H and O–H groups in total. The molecule has 1 aromatic heterocycles. The summed E-state index contributed by atoms with van der Waals surface area (Å²) in [6.45, 7) is 4.52. The Bertz CT molecular complexity index is 638. The zero-order valence-corrected chi connectivity index (χ0v) is 12.9. The number of hydrogen-bond donors (Lipinski definition) is 2. The summed E-state index contributed by atoms with van der Waals surface area (Å²) in [6, 6.07) is 6.84. The van der Waals surface area contributed by atoms with Crippen molar-refractivity contribution >= 4 is 16.6 Å². The highest BCUT2D eigenvalue weighted by Crippen LogP contribution is 2.34. The van der Waals surface area contributed by atoms with E-state index in [-0.39, 0.29) is 6.61 Å². The molecule has 3 nitrogen and oxygen atoms in total. The van der Waals surface area contributed by atoms with Crippen LogP contribution in [-0.2, 0) is 0 Å². The summed E-state index contributed by atoms with van der Waals surface area (Å²) in [5.41, 5.74) is 4.72. The molecular weight excluding hydrogens is 260 g/mol. The third-order valence-electron chi connectivity index (χ3n) is 4.78. The molecule has 1 aliphatic rings. The quantitative estimate of drug-likeness (QED) is 0.897. The van der Waals surface area contributed by atoms with Crippen molar-refractivity contribution in [2.24, 2.45) is 5.92 Å². The van der Waals surface area contributed by atoms with E-state index in [4.69, 9.17) is 0 Å². The number of aliphatic hydroxyl groups excluding tert-OH is 1. The second kappa shape index (κ2) is 6.02. The highest BCUT2D eigenvalue weighted by atomic mass is 16.3. The minimum Gasteiger partial charge on any atom is -0.396 e. The van der Waals surface area contributed by atoms with E-state index in [1.807, 2.05) is 6.20 Å². The first-order chi connectivity index (χ1) is 10.2. The number of pyridine rings is 1. The number of benzene rings is 1. The number of hydrogen-bond acceptors (Lipinski definition) is 3. The van der Waals surface area contributed by atoms with E-state index in [0.717, 1.165) is 11.9 Å². The maximum absolute atomic E-state index is 9.24. The van der Waals surface area contributed by atoms with Crippen molar-refractivity contribution < 1.29 is 5.11 Å². The first kappa shape index (κ1) is 14.3. The normalized spacial score (nSPS) is 21.9. The van der Waals surface area contributed by atoms with Crippen LogP contribution in [0.3, 0.4) is 0 Å². The fourth-order valence-electron chi connectivity index (χ4n) is 3.59. The molecule has 0 bridgehead atoms. The highest BCUT2D eigenvalue weighted by molar-refractivity contribution is 5.94. The van der Waals surface area contributed by atoms with Crippen LogP contribution in [0.1, 0.15) is 36.8 Å². The molecule has 21 heavy (non-hydrogen) atoms. The maximum atomic E-state index is 9.24. The molecule has 1 heterocycles. The van der Waals surface area contributed by atoms with Crippen molar-refractivity contribution in [3.63, 3.8) is 0 Å². The molecule has 2 unspecified atom stereocenters. The number of aryl methyl sites for hydroxylation is 2. The van der Waals surface area contributed by atoms with Gasteiger partial charge in [-0.05, 0) is 50.2 Å². The van der Waals surface area contributed by atoms with Crippen LogP contribution in [0.25, 0.3) is 10.9 Å². The standard InChI is InChI=1S/C18H24N2O/c1-12-5-3-7-15-17(12)19-11-13(2)18(15)20-16-8-4-6-14(16)9-10-21/h3,5,7,11,14,16,21H,4,6,8-10H2,1-2H3,(H,19,20). The Kier molecular flexibility index (Phi) is 4.11. The Morgan fingerprint density at radius 1 is 1.24 bits per heavy atom. The summed E-state index contributed by atoms with van der Waals surface area (Å²) in [4.78, 5) is 4.59. The molecule has 3 heteroatoms. The van der Waals surface area contributed by atoms with Crippen molar-refractivity contribution in [3.8, 4) is 0 Å². The van der Waals surface area contributed by atoms with Crippen LogP contribution in [0.2, 0.25) is 0 Å². The van der Waals surface area contributed by atoms with Gasteiger partial charge in [-0.2, -0.15) is 0 Å². The van der Waals surface area contributed by atoms with E-state index in [9.17, 15) is 5.11 Å². The van der Waals surface area contributed by atoms with Crippen molar-refractivity contribution in [2.75, 3.05) is 11.9 Å². The van der Waals surface area contributed by atoms with Crippen molar-refractivity contribution in [3.05, 3.63) is 35.5 Å². The number of rotatable bonds is 4. The van der Waals surface area contributed by atoms with Gasteiger partial charge in [-0.3, -0.25) is 4.98 Å². The Morgan fingerprint density at radius 2 is 2.10 bits per heavy atom. The molecule has 112 valence electrons. The van der Waals surface area contributed by atoms with Crippen LogP contribution in [-0.4, -0.2) is 22.7 Å². The summed E-state index contributed by atoms with van der Waals surface area (Å²) in [7, 11) is 0. The minimum absolute atomic E-state index is 0.290. The van der Waals surface area contributed by atoms with Gasteiger partial charge in [0.25, 0.3) is 0 Å². The molecule has 1 aromatic carbocycles. The second-order valence-electron chi connectivity index (χ2n) is 6.24. The van der Waals surface area contributed by atoms with E-state index in [2.05, 4.69) is 42.3 Å². The third-order valence-corrected chi connectivity index (χ3v) is 4.78. The van der Waals surface area contributed by atoms with E-state index in [0.29, 0.717) is 12.0 Å². The number of aliphatic hydroxyl groups is 1. The minimum atomic E-state index is 0.290. The third kappa shape index (κ3) is 2.75. The van der Waals surface area contributed by atoms with Gasteiger partial charge in [-0.1, -0.05) is 24.6 Å². The molecular formula is C18H24N2O. The lowest BCUT2D eigenvalue weighted by molar-refractivity contribution is 0.254. The SMILES string of the molecule is Cc1cnc2c(C)cccc2c1NC1CCCC1CCO. The molecule has 0 saturated heterocycles. The lowest BCUT2D eigenvalue weighted by atomic mass is 9.98. The summed E-state index contributed by atoms with van der Waals surface area (Å²) < 4.78 is 0. The largest absolute Gasteiger partial charge is 0.396 e. The number of nitrogens with zero attached hydrogens (tertiary/aromatic N) is 1. The lowest BCUT2D eigenvalue weighted by Crippen LogP contribution is -2.25. The average Bonchev–Trinajstić information content (AvgIpc) is 2.90. The Balaban J connectivity index is 1.96. The molecule has 1 fully saturated rings. The lowest BCUT2D eigenvalue weighted by Gasteiger charge is -2.23. The first-order valence-corrected chi connectivity index (χ1v) is 7.93. The number of fused-ring (bicyclic) bond motifs is 1. The molecule has 3 rings (SSSR count). The van der Waals surface area contributed by atoms with Gasteiger partial charge in [-0.15, -0.1) is 0 Å². The van der Waals surface area contributed by atoms with Crippen LogP contribution in [0.15, 0.2) is 24.4 Å². The fraction of sp³-hybridized carbons (Fsp3) is 0.500. The molecule has 1 saturated carbocycles. The number of nitrogens with one attached hydrogen (secondary N) is 1. The predicted octanol–water partition coefficient (Wildman–Crippen LogP) is 3.81. The van der Waals surface area contributed by atoms with Crippen LogP contribution < -0.4 is 5.32 Å². The molecule has 0 spiro atoms. The fourth-order valence-corrected chi connectivity index (χ4v) is 3.59. The van der Waals surface area contributed by atoms with E-state index in [1.165, 1.54) is 41.5 Å². The zero-order chi connectivity index (χ0) is 14.8. The average molecular weight is 284 g/mol. The molecule has 2 atom stereocenters. The predicted molar refractivity (Wildman–Crippen MR) is 87.7 cm³/mol. The van der Waals surface area contributed by atoms with E-state index in [1.54, 1.807) is 0 Å². The smallest absolute Gasteiger partial charge is 0.0752 e.